The molecule has 1 aromatic heterocycles. The third kappa shape index (κ3) is 3.44. The smallest absolute Gasteiger partial charge is 0.0547 e. The van der Waals surface area contributed by atoms with Gasteiger partial charge in [0, 0.05) is 21.4 Å². The van der Waals surface area contributed by atoms with Gasteiger partial charge in [0.2, 0.25) is 0 Å². The van der Waals surface area contributed by atoms with Crippen molar-refractivity contribution in [2.45, 2.75) is 11.8 Å². The molecule has 0 unspecified atom stereocenters. The van der Waals surface area contributed by atoms with Gasteiger partial charge in [0.05, 0.1) is 11.0 Å². The van der Waals surface area contributed by atoms with E-state index in [-0.39, 0.29) is 0 Å². The van der Waals surface area contributed by atoms with Crippen molar-refractivity contribution >= 4 is 34.4 Å². The number of nitrogens with zero attached hydrogens (tertiary/aromatic N) is 1. The molecule has 6 aromatic rings. The molecule has 1 nitrogen and oxygen atoms in total. The molecule has 2 heteroatoms. The van der Waals surface area contributed by atoms with Gasteiger partial charge in [-0.25, -0.2) is 0 Å². The quantitative estimate of drug-likeness (QED) is 0.262. The molecule has 158 valence electrons. The summed E-state index contributed by atoms with van der Waals surface area (Å²) >= 11 is 4.67. The summed E-state index contributed by atoms with van der Waals surface area (Å²) in [5.41, 5.74) is 9.63. The molecule has 0 bridgehead atoms. The summed E-state index contributed by atoms with van der Waals surface area (Å²) in [6.45, 7) is 2.13. The molecule has 0 atom stereocenters. The molecular formula is C31H23NS. The molecule has 0 N–H and O–H groups in total. The van der Waals surface area contributed by atoms with E-state index in [4.69, 9.17) is 0 Å². The number of para-hydroxylation sites is 1. The van der Waals surface area contributed by atoms with Crippen molar-refractivity contribution in [3.8, 4) is 27.9 Å². The fraction of sp³-hybridized carbons (Fsp3) is 0.0323. The summed E-state index contributed by atoms with van der Waals surface area (Å²) in [6.07, 6.45) is 0. The van der Waals surface area contributed by atoms with Crippen LogP contribution in [0.15, 0.2) is 120 Å². The van der Waals surface area contributed by atoms with E-state index in [9.17, 15) is 0 Å². The first kappa shape index (κ1) is 19.9. The molecule has 0 aliphatic rings. The number of rotatable bonds is 3. The highest BCUT2D eigenvalue weighted by molar-refractivity contribution is 7.80. The largest absolute Gasteiger partial charge is 0.309 e. The molecule has 5 aromatic carbocycles. The van der Waals surface area contributed by atoms with E-state index in [1.54, 1.807) is 0 Å². The molecule has 33 heavy (non-hydrogen) atoms. The minimum atomic E-state index is 0.990. The van der Waals surface area contributed by atoms with E-state index in [2.05, 4.69) is 127 Å². The Morgan fingerprint density at radius 3 is 2.09 bits per heavy atom. The van der Waals surface area contributed by atoms with Crippen LogP contribution < -0.4 is 0 Å². The highest BCUT2D eigenvalue weighted by atomic mass is 32.1. The Labute approximate surface area is 199 Å². The lowest BCUT2D eigenvalue weighted by Crippen LogP contribution is -1.94. The molecule has 0 amide bonds. The molecule has 0 fully saturated rings. The summed E-state index contributed by atoms with van der Waals surface area (Å²) in [6, 6.07) is 41.2. The third-order valence-corrected chi connectivity index (χ3v) is 6.77. The van der Waals surface area contributed by atoms with Crippen LogP contribution in [0.1, 0.15) is 5.56 Å². The number of aryl methyl sites for hydroxylation is 1. The van der Waals surface area contributed by atoms with Crippen molar-refractivity contribution < 1.29 is 0 Å². The predicted octanol–water partition coefficient (Wildman–Crippen LogP) is 8.71. The van der Waals surface area contributed by atoms with Crippen LogP contribution in [0, 0.1) is 6.92 Å². The minimum Gasteiger partial charge on any atom is -0.309 e. The fourth-order valence-corrected chi connectivity index (χ4v) is 5.00. The van der Waals surface area contributed by atoms with Crippen LogP contribution in [0.2, 0.25) is 0 Å². The van der Waals surface area contributed by atoms with Crippen LogP contribution in [0.25, 0.3) is 49.7 Å². The number of hydrogen-bond donors (Lipinski definition) is 1. The Morgan fingerprint density at radius 2 is 1.24 bits per heavy atom. The third-order valence-electron chi connectivity index (χ3n) is 6.38. The van der Waals surface area contributed by atoms with Crippen LogP contribution in [0.3, 0.4) is 0 Å². The number of thiol groups is 1. The van der Waals surface area contributed by atoms with Gasteiger partial charge in [-0.05, 0) is 65.6 Å². The standard InChI is InChI=1S/C31H23NS/c1-21-13-16-25(17-14-21)32-29-11-4-2-10-27(29)28-18-15-23(20-30(28)32)22-7-6-8-24(19-22)26-9-3-5-12-31(26)33/h2-20,33H,1H3. The van der Waals surface area contributed by atoms with E-state index < -0.39 is 0 Å². The lowest BCUT2D eigenvalue weighted by molar-refractivity contribution is 1.17. The number of hydrogen-bond acceptors (Lipinski definition) is 1. The Bertz CT molecular complexity index is 1620. The number of fused-ring (bicyclic) bond motifs is 3. The summed E-state index contributed by atoms with van der Waals surface area (Å²) in [4.78, 5) is 0.990. The van der Waals surface area contributed by atoms with E-state index in [1.807, 2.05) is 12.1 Å². The first-order valence-electron chi connectivity index (χ1n) is 11.2. The maximum atomic E-state index is 4.67. The van der Waals surface area contributed by atoms with Gasteiger partial charge in [-0.2, -0.15) is 0 Å². The van der Waals surface area contributed by atoms with Gasteiger partial charge in [0.15, 0.2) is 0 Å². The van der Waals surface area contributed by atoms with E-state index in [0.29, 0.717) is 0 Å². The van der Waals surface area contributed by atoms with Crippen LogP contribution in [0.4, 0.5) is 0 Å². The maximum Gasteiger partial charge on any atom is 0.0547 e. The van der Waals surface area contributed by atoms with E-state index >= 15 is 0 Å². The second-order valence-corrected chi connectivity index (χ2v) is 9.00. The van der Waals surface area contributed by atoms with Gasteiger partial charge in [0.25, 0.3) is 0 Å². The Kier molecular flexibility index (Phi) is 4.82. The zero-order valence-electron chi connectivity index (χ0n) is 18.4. The fourth-order valence-electron chi connectivity index (χ4n) is 4.71. The zero-order chi connectivity index (χ0) is 22.4. The first-order valence-corrected chi connectivity index (χ1v) is 11.6. The van der Waals surface area contributed by atoms with Crippen molar-refractivity contribution in [3.05, 3.63) is 121 Å². The van der Waals surface area contributed by atoms with Crippen LogP contribution in [-0.4, -0.2) is 4.57 Å². The summed E-state index contributed by atoms with van der Waals surface area (Å²) in [7, 11) is 0. The average molecular weight is 442 g/mol. The van der Waals surface area contributed by atoms with Crippen LogP contribution in [0.5, 0.6) is 0 Å². The van der Waals surface area contributed by atoms with Crippen molar-refractivity contribution in [1.82, 2.24) is 4.57 Å². The van der Waals surface area contributed by atoms with Gasteiger partial charge >= 0.3 is 0 Å². The lowest BCUT2D eigenvalue weighted by atomic mass is 9.98. The van der Waals surface area contributed by atoms with E-state index in [1.165, 1.54) is 49.7 Å². The Morgan fingerprint density at radius 1 is 0.545 bits per heavy atom. The van der Waals surface area contributed by atoms with Crippen molar-refractivity contribution in [2.24, 2.45) is 0 Å². The lowest BCUT2D eigenvalue weighted by Gasteiger charge is -2.11. The second kappa shape index (κ2) is 7.99. The van der Waals surface area contributed by atoms with Crippen molar-refractivity contribution in [3.63, 3.8) is 0 Å². The Balaban J connectivity index is 1.57. The SMILES string of the molecule is Cc1ccc(-n2c3ccccc3c3ccc(-c4cccc(-c5ccccc5S)c4)cc32)cc1. The van der Waals surface area contributed by atoms with Gasteiger partial charge < -0.3 is 4.57 Å². The first-order chi connectivity index (χ1) is 16.2. The summed E-state index contributed by atoms with van der Waals surface area (Å²) in [5, 5.41) is 2.55. The predicted molar refractivity (Wildman–Crippen MR) is 144 cm³/mol. The van der Waals surface area contributed by atoms with Gasteiger partial charge in [0.1, 0.15) is 0 Å². The van der Waals surface area contributed by atoms with E-state index in [0.717, 1.165) is 10.5 Å². The van der Waals surface area contributed by atoms with Crippen molar-refractivity contribution in [1.29, 1.82) is 0 Å². The molecule has 0 radical (unpaired) electrons. The van der Waals surface area contributed by atoms with Gasteiger partial charge in [-0.1, -0.05) is 84.4 Å². The second-order valence-electron chi connectivity index (χ2n) is 8.52. The van der Waals surface area contributed by atoms with Gasteiger partial charge in [-0.3, -0.25) is 0 Å². The molecule has 6 rings (SSSR count). The minimum absolute atomic E-state index is 0.990. The zero-order valence-corrected chi connectivity index (χ0v) is 19.3. The van der Waals surface area contributed by atoms with Gasteiger partial charge in [-0.15, -0.1) is 12.6 Å². The Hall–Kier alpha value is -3.75. The van der Waals surface area contributed by atoms with Crippen molar-refractivity contribution in [2.75, 3.05) is 0 Å². The van der Waals surface area contributed by atoms with Crippen LogP contribution >= 0.6 is 12.6 Å². The molecule has 0 spiro atoms. The highest BCUT2D eigenvalue weighted by Gasteiger charge is 2.13. The number of aromatic nitrogens is 1. The molecule has 0 aliphatic heterocycles. The summed E-state index contributed by atoms with van der Waals surface area (Å²) < 4.78 is 2.38. The topological polar surface area (TPSA) is 4.93 Å². The molecular weight excluding hydrogens is 418 g/mol. The molecule has 0 saturated carbocycles. The highest BCUT2D eigenvalue weighted by Crippen LogP contribution is 2.36. The molecule has 0 aliphatic carbocycles. The average Bonchev–Trinajstić information content (AvgIpc) is 3.19. The monoisotopic (exact) mass is 441 g/mol. The molecule has 0 saturated heterocycles. The normalized spacial score (nSPS) is 11.3. The number of benzene rings is 5. The summed E-state index contributed by atoms with van der Waals surface area (Å²) in [5.74, 6) is 0. The molecule has 1 heterocycles. The maximum absolute atomic E-state index is 4.67. The van der Waals surface area contributed by atoms with Crippen LogP contribution in [-0.2, 0) is 0 Å².